The standard InChI is InChI=1S/C13H9BrF3N3O2S/c14-10-9(4-5-23-10)11(21)19-20-12(22)18-8-3-1-2-7(6-8)13(15,16)17/h1-6H,(H,19,21)(H2,18,20,22). The van der Waals surface area contributed by atoms with E-state index < -0.39 is 23.7 Å². The first-order valence-electron chi connectivity index (χ1n) is 6.05. The van der Waals surface area contributed by atoms with E-state index in [1.807, 2.05) is 0 Å². The molecule has 0 bridgehead atoms. The zero-order valence-corrected chi connectivity index (χ0v) is 13.6. The zero-order chi connectivity index (χ0) is 17.0. The Morgan fingerprint density at radius 2 is 1.87 bits per heavy atom. The van der Waals surface area contributed by atoms with Gasteiger partial charge >= 0.3 is 12.2 Å². The molecule has 5 nitrogen and oxygen atoms in total. The number of halogens is 4. The van der Waals surface area contributed by atoms with Gasteiger partial charge in [-0.25, -0.2) is 10.2 Å². The molecule has 0 aliphatic heterocycles. The van der Waals surface area contributed by atoms with Crippen molar-refractivity contribution in [2.45, 2.75) is 6.18 Å². The Morgan fingerprint density at radius 3 is 2.48 bits per heavy atom. The number of rotatable bonds is 2. The Balaban J connectivity index is 1.93. The highest BCUT2D eigenvalue weighted by atomic mass is 79.9. The van der Waals surface area contributed by atoms with Crippen LogP contribution in [0.3, 0.4) is 0 Å². The summed E-state index contributed by atoms with van der Waals surface area (Å²) >= 11 is 4.47. The molecule has 1 aromatic heterocycles. The van der Waals surface area contributed by atoms with Crippen molar-refractivity contribution in [3.05, 3.63) is 50.6 Å². The Hall–Kier alpha value is -2.07. The molecule has 0 radical (unpaired) electrons. The first-order chi connectivity index (χ1) is 10.8. The summed E-state index contributed by atoms with van der Waals surface area (Å²) in [5.74, 6) is -0.558. The lowest BCUT2D eigenvalue weighted by molar-refractivity contribution is -0.137. The maximum atomic E-state index is 12.6. The van der Waals surface area contributed by atoms with Crippen molar-refractivity contribution >= 4 is 44.9 Å². The number of carbonyl (C=O) groups is 2. The number of hydrazine groups is 1. The molecule has 0 aliphatic carbocycles. The fourth-order valence-electron chi connectivity index (χ4n) is 1.57. The van der Waals surface area contributed by atoms with Crippen molar-refractivity contribution < 1.29 is 22.8 Å². The lowest BCUT2D eigenvalue weighted by Crippen LogP contribution is -2.43. The van der Waals surface area contributed by atoms with Gasteiger partial charge in [0.25, 0.3) is 5.91 Å². The molecule has 0 fully saturated rings. The van der Waals surface area contributed by atoms with Gasteiger partial charge in [0.05, 0.1) is 14.9 Å². The molecule has 1 heterocycles. The molecule has 3 amide bonds. The van der Waals surface area contributed by atoms with E-state index in [2.05, 4.69) is 32.1 Å². The monoisotopic (exact) mass is 407 g/mol. The number of hydrogen-bond acceptors (Lipinski definition) is 3. The molecule has 0 unspecified atom stereocenters. The van der Waals surface area contributed by atoms with E-state index in [-0.39, 0.29) is 5.69 Å². The second-order valence-corrected chi connectivity index (χ2v) is 6.45. The second-order valence-electron chi connectivity index (χ2n) is 4.22. The fraction of sp³-hybridized carbons (Fsp3) is 0.0769. The van der Waals surface area contributed by atoms with Crippen LogP contribution in [0.1, 0.15) is 15.9 Å². The molecular weight excluding hydrogens is 399 g/mol. The van der Waals surface area contributed by atoms with E-state index in [1.54, 1.807) is 11.4 Å². The quantitative estimate of drug-likeness (QED) is 0.658. The van der Waals surface area contributed by atoms with Gasteiger partial charge in [0.1, 0.15) is 0 Å². The number of benzene rings is 1. The van der Waals surface area contributed by atoms with E-state index >= 15 is 0 Å². The molecule has 10 heteroatoms. The molecule has 0 atom stereocenters. The summed E-state index contributed by atoms with van der Waals surface area (Å²) < 4.78 is 38.3. The predicted octanol–water partition coefficient (Wildman–Crippen LogP) is 4.00. The fourth-order valence-corrected chi connectivity index (χ4v) is 2.82. The van der Waals surface area contributed by atoms with Crippen molar-refractivity contribution in [2.24, 2.45) is 0 Å². The molecule has 0 saturated carbocycles. The van der Waals surface area contributed by atoms with Crippen molar-refractivity contribution in [3.8, 4) is 0 Å². The number of amides is 3. The minimum absolute atomic E-state index is 0.0525. The summed E-state index contributed by atoms with van der Waals surface area (Å²) in [6, 6.07) is 4.82. The Kier molecular flexibility index (Phi) is 5.26. The van der Waals surface area contributed by atoms with E-state index in [4.69, 9.17) is 0 Å². The van der Waals surface area contributed by atoms with Crippen molar-refractivity contribution in [1.82, 2.24) is 10.9 Å². The van der Waals surface area contributed by atoms with Crippen LogP contribution in [-0.4, -0.2) is 11.9 Å². The highest BCUT2D eigenvalue weighted by Gasteiger charge is 2.30. The second kappa shape index (κ2) is 7.01. The van der Waals surface area contributed by atoms with Gasteiger partial charge < -0.3 is 5.32 Å². The molecule has 2 aromatic rings. The average Bonchev–Trinajstić information content (AvgIpc) is 2.90. The SMILES string of the molecule is O=C(NNC(=O)c1ccsc1Br)Nc1cccc(C(F)(F)F)c1. The van der Waals surface area contributed by atoms with Gasteiger partial charge in [-0.15, -0.1) is 11.3 Å². The first kappa shape index (κ1) is 17.3. The number of thiophene rings is 1. The summed E-state index contributed by atoms with van der Waals surface area (Å²) in [6.07, 6.45) is -4.51. The number of nitrogens with one attached hydrogen (secondary N) is 3. The van der Waals surface area contributed by atoms with Crippen LogP contribution in [-0.2, 0) is 6.18 Å². The minimum atomic E-state index is -4.51. The predicted molar refractivity (Wildman–Crippen MR) is 83.1 cm³/mol. The lowest BCUT2D eigenvalue weighted by Gasteiger charge is -2.11. The number of urea groups is 1. The van der Waals surface area contributed by atoms with E-state index in [0.717, 1.165) is 12.1 Å². The Labute approximate surface area is 141 Å². The van der Waals surface area contributed by atoms with Gasteiger partial charge in [0.15, 0.2) is 0 Å². The number of carbonyl (C=O) groups excluding carboxylic acids is 2. The third kappa shape index (κ3) is 4.70. The summed E-state index contributed by atoms with van der Waals surface area (Å²) in [4.78, 5) is 23.3. The number of alkyl halides is 3. The van der Waals surface area contributed by atoms with Crippen LogP contribution in [0, 0.1) is 0 Å². The topological polar surface area (TPSA) is 70.2 Å². The van der Waals surface area contributed by atoms with Gasteiger partial charge in [-0.1, -0.05) is 6.07 Å². The molecule has 122 valence electrons. The van der Waals surface area contributed by atoms with Crippen molar-refractivity contribution in [3.63, 3.8) is 0 Å². The van der Waals surface area contributed by atoms with Gasteiger partial charge in [-0.2, -0.15) is 13.2 Å². The normalized spacial score (nSPS) is 11.0. The molecule has 0 aliphatic rings. The van der Waals surface area contributed by atoms with E-state index in [1.165, 1.54) is 23.5 Å². The summed E-state index contributed by atoms with van der Waals surface area (Å²) in [5, 5.41) is 3.88. The van der Waals surface area contributed by atoms with Gasteiger partial charge in [-0.05, 0) is 45.6 Å². The molecule has 0 spiro atoms. The maximum absolute atomic E-state index is 12.6. The zero-order valence-electron chi connectivity index (χ0n) is 11.2. The van der Waals surface area contributed by atoms with E-state index in [9.17, 15) is 22.8 Å². The number of anilines is 1. The molecule has 3 N–H and O–H groups in total. The smallest absolute Gasteiger partial charge is 0.307 e. The molecule has 1 aromatic carbocycles. The number of hydrogen-bond donors (Lipinski definition) is 3. The third-order valence-corrected chi connectivity index (χ3v) is 4.29. The van der Waals surface area contributed by atoms with Crippen LogP contribution in [0.4, 0.5) is 23.7 Å². The first-order valence-corrected chi connectivity index (χ1v) is 7.72. The Morgan fingerprint density at radius 1 is 1.13 bits per heavy atom. The van der Waals surface area contributed by atoms with Crippen LogP contribution in [0.5, 0.6) is 0 Å². The van der Waals surface area contributed by atoms with Crippen molar-refractivity contribution in [2.75, 3.05) is 5.32 Å². The maximum Gasteiger partial charge on any atom is 0.416 e. The largest absolute Gasteiger partial charge is 0.416 e. The highest BCUT2D eigenvalue weighted by molar-refractivity contribution is 9.11. The highest BCUT2D eigenvalue weighted by Crippen LogP contribution is 2.30. The van der Waals surface area contributed by atoms with Crippen LogP contribution in [0.25, 0.3) is 0 Å². The minimum Gasteiger partial charge on any atom is -0.307 e. The molecular formula is C13H9BrF3N3O2S. The lowest BCUT2D eigenvalue weighted by atomic mass is 10.2. The third-order valence-electron chi connectivity index (χ3n) is 2.60. The molecule has 2 rings (SSSR count). The van der Waals surface area contributed by atoms with E-state index in [0.29, 0.717) is 9.35 Å². The summed E-state index contributed by atoms with van der Waals surface area (Å²) in [7, 11) is 0. The molecule has 0 saturated heterocycles. The van der Waals surface area contributed by atoms with Gasteiger partial charge in [-0.3, -0.25) is 10.2 Å². The molecule has 23 heavy (non-hydrogen) atoms. The van der Waals surface area contributed by atoms with Crippen molar-refractivity contribution in [1.29, 1.82) is 0 Å². The average molecular weight is 408 g/mol. The summed E-state index contributed by atoms with van der Waals surface area (Å²) in [5.41, 5.74) is 3.59. The summed E-state index contributed by atoms with van der Waals surface area (Å²) in [6.45, 7) is 0. The van der Waals surface area contributed by atoms with Crippen LogP contribution >= 0.6 is 27.3 Å². The van der Waals surface area contributed by atoms with Gasteiger partial charge in [0.2, 0.25) is 0 Å². The van der Waals surface area contributed by atoms with Crippen LogP contribution in [0.2, 0.25) is 0 Å². The van der Waals surface area contributed by atoms with Gasteiger partial charge in [0, 0.05) is 5.69 Å². The van der Waals surface area contributed by atoms with Crippen LogP contribution < -0.4 is 16.2 Å². The van der Waals surface area contributed by atoms with Crippen LogP contribution in [0.15, 0.2) is 39.5 Å². The Bertz CT molecular complexity index is 733.